The average molecular weight is 251 g/mol. The summed E-state index contributed by atoms with van der Waals surface area (Å²) in [6.07, 6.45) is 0. The number of nitrogens with one attached hydrogen (secondary N) is 1. The molecular formula is C18H21N. The van der Waals surface area contributed by atoms with Gasteiger partial charge in [0.1, 0.15) is 0 Å². The van der Waals surface area contributed by atoms with Gasteiger partial charge in [-0.05, 0) is 28.7 Å². The molecule has 0 fully saturated rings. The maximum absolute atomic E-state index is 4.15. The van der Waals surface area contributed by atoms with Crippen LogP contribution < -0.4 is 5.32 Å². The summed E-state index contributed by atoms with van der Waals surface area (Å²) in [6.45, 7) is 9.35. The molecule has 98 valence electrons. The number of hydrogen-bond donors (Lipinski definition) is 1. The monoisotopic (exact) mass is 251 g/mol. The van der Waals surface area contributed by atoms with Crippen molar-refractivity contribution in [2.24, 2.45) is 0 Å². The highest BCUT2D eigenvalue weighted by Crippen LogP contribution is 2.24. The predicted molar refractivity (Wildman–Crippen MR) is 84.5 cm³/mol. The predicted octanol–water partition coefficient (Wildman–Crippen LogP) is 4.94. The summed E-state index contributed by atoms with van der Waals surface area (Å²) in [5.74, 6) is 0.522. The maximum atomic E-state index is 4.15. The smallest absolute Gasteiger partial charge is 0.0400 e. The molecule has 0 unspecified atom stereocenters. The highest BCUT2D eigenvalue weighted by molar-refractivity contribution is 5.68. The van der Waals surface area contributed by atoms with E-state index in [2.05, 4.69) is 62.1 Å². The Morgan fingerprint density at radius 2 is 1.63 bits per heavy atom. The average Bonchev–Trinajstić information content (AvgIpc) is 2.46. The molecule has 0 aliphatic rings. The molecule has 2 aromatic rings. The molecule has 0 aromatic heterocycles. The summed E-state index contributed by atoms with van der Waals surface area (Å²) < 4.78 is 0. The van der Waals surface area contributed by atoms with Crippen LogP contribution in [0.5, 0.6) is 0 Å². The Kier molecular flexibility index (Phi) is 4.40. The van der Waals surface area contributed by atoms with Gasteiger partial charge in [-0.3, -0.25) is 0 Å². The van der Waals surface area contributed by atoms with Crippen LogP contribution in [0.2, 0.25) is 0 Å². The van der Waals surface area contributed by atoms with Gasteiger partial charge in [-0.15, -0.1) is 0 Å². The summed E-state index contributed by atoms with van der Waals surface area (Å²) in [6, 6.07) is 18.8. The Morgan fingerprint density at radius 3 is 2.32 bits per heavy atom. The van der Waals surface area contributed by atoms with E-state index in [9.17, 15) is 0 Å². The summed E-state index contributed by atoms with van der Waals surface area (Å²) in [7, 11) is 0. The molecule has 19 heavy (non-hydrogen) atoms. The van der Waals surface area contributed by atoms with Gasteiger partial charge in [-0.1, -0.05) is 69.0 Å². The second kappa shape index (κ2) is 6.24. The Balaban J connectivity index is 2.05. The first-order chi connectivity index (χ1) is 9.18. The molecule has 0 atom stereocenters. The highest BCUT2D eigenvalue weighted by Gasteiger charge is 2.05. The first-order valence-electron chi connectivity index (χ1n) is 6.74. The zero-order chi connectivity index (χ0) is 13.7. The summed E-state index contributed by atoms with van der Waals surface area (Å²) in [5, 5.41) is 3.49. The van der Waals surface area contributed by atoms with E-state index in [1.54, 1.807) is 0 Å². The fourth-order valence-electron chi connectivity index (χ4n) is 2.14. The van der Waals surface area contributed by atoms with Gasteiger partial charge >= 0.3 is 0 Å². The summed E-state index contributed by atoms with van der Waals surface area (Å²) in [5.41, 5.74) is 4.86. The summed E-state index contributed by atoms with van der Waals surface area (Å²) >= 11 is 0. The van der Waals surface area contributed by atoms with Crippen molar-refractivity contribution < 1.29 is 0 Å². The van der Waals surface area contributed by atoms with Crippen molar-refractivity contribution in [2.75, 3.05) is 11.9 Å². The van der Waals surface area contributed by atoms with E-state index in [0.717, 1.165) is 12.1 Å². The summed E-state index contributed by atoms with van der Waals surface area (Å²) in [4.78, 5) is 0. The fourth-order valence-corrected chi connectivity index (χ4v) is 2.14. The molecule has 0 heterocycles. The lowest BCUT2D eigenvalue weighted by Crippen LogP contribution is -2.06. The lowest BCUT2D eigenvalue weighted by atomic mass is 10.0. The highest BCUT2D eigenvalue weighted by atomic mass is 14.9. The van der Waals surface area contributed by atoms with E-state index in [1.165, 1.54) is 16.8 Å². The second-order valence-electron chi connectivity index (χ2n) is 5.07. The standard InChI is InChI=1S/C18H21N/c1-14(2)17-11-7-8-12-18(17)19-13-15(3)16-9-5-4-6-10-16/h4-12,14,19H,3,13H2,1-2H3. The quantitative estimate of drug-likeness (QED) is 0.794. The van der Waals surface area contributed by atoms with Crippen molar-refractivity contribution in [3.63, 3.8) is 0 Å². The van der Waals surface area contributed by atoms with E-state index >= 15 is 0 Å². The molecule has 0 saturated carbocycles. The lowest BCUT2D eigenvalue weighted by molar-refractivity contribution is 0.867. The third-order valence-corrected chi connectivity index (χ3v) is 3.26. The van der Waals surface area contributed by atoms with Gasteiger partial charge in [0.2, 0.25) is 0 Å². The van der Waals surface area contributed by atoms with Crippen LogP contribution in [0.4, 0.5) is 5.69 Å². The Morgan fingerprint density at radius 1 is 1.00 bits per heavy atom. The number of anilines is 1. The van der Waals surface area contributed by atoms with Crippen molar-refractivity contribution in [1.82, 2.24) is 0 Å². The molecule has 1 heteroatoms. The van der Waals surface area contributed by atoms with Crippen LogP contribution in [0, 0.1) is 0 Å². The zero-order valence-corrected chi connectivity index (χ0v) is 11.7. The van der Waals surface area contributed by atoms with E-state index in [-0.39, 0.29) is 0 Å². The number of benzene rings is 2. The fraction of sp³-hybridized carbons (Fsp3) is 0.222. The van der Waals surface area contributed by atoms with Gasteiger partial charge in [0.15, 0.2) is 0 Å². The number of hydrogen-bond acceptors (Lipinski definition) is 1. The Hall–Kier alpha value is -2.02. The van der Waals surface area contributed by atoms with Crippen LogP contribution in [0.15, 0.2) is 61.2 Å². The van der Waals surface area contributed by atoms with Crippen LogP contribution in [-0.2, 0) is 0 Å². The molecule has 0 aliphatic carbocycles. The van der Waals surface area contributed by atoms with Gasteiger partial charge < -0.3 is 5.32 Å². The Labute approximate surface area is 116 Å². The normalized spacial score (nSPS) is 10.5. The van der Waals surface area contributed by atoms with Gasteiger partial charge in [0.05, 0.1) is 0 Å². The van der Waals surface area contributed by atoms with Gasteiger partial charge in [-0.2, -0.15) is 0 Å². The minimum Gasteiger partial charge on any atom is -0.381 e. The lowest BCUT2D eigenvalue weighted by Gasteiger charge is -2.15. The molecule has 0 aliphatic heterocycles. The molecule has 0 spiro atoms. The van der Waals surface area contributed by atoms with Crippen LogP contribution >= 0.6 is 0 Å². The van der Waals surface area contributed by atoms with Crippen molar-refractivity contribution in [1.29, 1.82) is 0 Å². The SMILES string of the molecule is C=C(CNc1ccccc1C(C)C)c1ccccc1. The molecule has 0 bridgehead atoms. The van der Waals surface area contributed by atoms with Crippen LogP contribution in [-0.4, -0.2) is 6.54 Å². The number of rotatable bonds is 5. The van der Waals surface area contributed by atoms with Crippen molar-refractivity contribution in [2.45, 2.75) is 19.8 Å². The molecule has 2 aromatic carbocycles. The molecule has 2 rings (SSSR count). The minimum absolute atomic E-state index is 0.522. The molecule has 0 amide bonds. The van der Waals surface area contributed by atoms with E-state index in [0.29, 0.717) is 5.92 Å². The van der Waals surface area contributed by atoms with Crippen LogP contribution in [0.3, 0.4) is 0 Å². The molecular weight excluding hydrogens is 230 g/mol. The molecule has 0 saturated heterocycles. The first kappa shape index (κ1) is 13.4. The number of para-hydroxylation sites is 1. The van der Waals surface area contributed by atoms with Crippen molar-refractivity contribution in [3.05, 3.63) is 72.3 Å². The van der Waals surface area contributed by atoms with Gasteiger partial charge in [-0.25, -0.2) is 0 Å². The third kappa shape index (κ3) is 3.47. The zero-order valence-electron chi connectivity index (χ0n) is 11.7. The van der Waals surface area contributed by atoms with Gasteiger partial charge in [0.25, 0.3) is 0 Å². The largest absolute Gasteiger partial charge is 0.381 e. The van der Waals surface area contributed by atoms with E-state index < -0.39 is 0 Å². The Bertz CT molecular complexity index is 541. The minimum atomic E-state index is 0.522. The van der Waals surface area contributed by atoms with Crippen molar-refractivity contribution >= 4 is 11.3 Å². The van der Waals surface area contributed by atoms with Crippen molar-refractivity contribution in [3.8, 4) is 0 Å². The molecule has 0 radical (unpaired) electrons. The first-order valence-corrected chi connectivity index (χ1v) is 6.74. The van der Waals surface area contributed by atoms with Crippen LogP contribution in [0.1, 0.15) is 30.9 Å². The van der Waals surface area contributed by atoms with E-state index in [1.807, 2.05) is 18.2 Å². The van der Waals surface area contributed by atoms with Crippen LogP contribution in [0.25, 0.3) is 5.57 Å². The topological polar surface area (TPSA) is 12.0 Å². The maximum Gasteiger partial charge on any atom is 0.0400 e. The second-order valence-corrected chi connectivity index (χ2v) is 5.07. The molecule has 1 nitrogen and oxygen atoms in total. The molecule has 1 N–H and O–H groups in total. The van der Waals surface area contributed by atoms with E-state index in [4.69, 9.17) is 0 Å². The third-order valence-electron chi connectivity index (χ3n) is 3.26. The van der Waals surface area contributed by atoms with Gasteiger partial charge in [0, 0.05) is 12.2 Å².